The molecule has 3 aromatic heterocycles. The van der Waals surface area contributed by atoms with Crippen molar-refractivity contribution >= 4 is 91.7 Å². The minimum atomic E-state index is -1.78. The number of hydrogen-bond donors (Lipinski definition) is 6. The fourth-order valence-electron chi connectivity index (χ4n) is 11.1. The van der Waals surface area contributed by atoms with Crippen LogP contribution in [0.2, 0.25) is 0 Å². The van der Waals surface area contributed by atoms with E-state index in [1.165, 1.54) is 25.3 Å². The summed E-state index contributed by atoms with van der Waals surface area (Å²) in [6, 6.07) is 47.2. The first-order chi connectivity index (χ1) is 50.3. The molecule has 12 aromatic rings. The van der Waals surface area contributed by atoms with Gasteiger partial charge in [0.05, 0.1) is 77.1 Å². The van der Waals surface area contributed by atoms with Gasteiger partial charge in [-0.3, -0.25) is 14.4 Å². The van der Waals surface area contributed by atoms with Gasteiger partial charge >= 0.3 is 43.9 Å². The Labute approximate surface area is 641 Å². The Morgan fingerprint density at radius 1 is 0.458 bits per heavy atom. The molecular formula is C79H78BBrClF3LiN3O18. The van der Waals surface area contributed by atoms with Crippen molar-refractivity contribution in [3.63, 3.8) is 0 Å². The summed E-state index contributed by atoms with van der Waals surface area (Å²) in [5.74, 6) is 0.365. The van der Waals surface area contributed by atoms with Crippen LogP contribution in [-0.2, 0) is 82.6 Å². The number of furan rings is 3. The van der Waals surface area contributed by atoms with Crippen LogP contribution in [0, 0.1) is 17.5 Å². The van der Waals surface area contributed by atoms with Crippen molar-refractivity contribution < 1.29 is 118 Å². The molecule has 28 heteroatoms. The van der Waals surface area contributed by atoms with Gasteiger partial charge < -0.3 is 89.0 Å². The molecule has 0 aliphatic heterocycles. The molecule has 0 fully saturated rings. The maximum absolute atomic E-state index is 15.1. The standard InChI is InChI=1S/C27H26FNO5.C25H22FNO5.C20H19BrO5.C7H9BFNO2.ClH.Li.H2O/c1-3-32-25(30)13-18-7-8-21(31-2)14-24(18)34-16-17-11-19-9-10-33-27(19)23(12-17)22-6-4-5-20(15-29)26(22)28;1-30-19-6-5-16(11-23(28)29)22(12-19)32-14-15-9-17-7-8-31-25(17)21(10-15)20-4-2-3-18(13-27)24(20)26;1-3-24-19(22)10-14-4-5-16(23-2)11-18(14)26-12-13-8-15-6-7-25-20(15)17(21)9-13;9-7-5(4-10)2-1-3-6(7)8(11)12;;;/h4-12,14H,3,13,15-16,29H2,1-2H3;2-10,12H,11,13-14,27H2,1H3,(H,28,29);4-9,11H,3,10,12H2,1-2H3;1-3,11-12H,4,10H2;1H;;1H2/q;;;;;+1;/p-1. The van der Waals surface area contributed by atoms with Gasteiger partial charge in [-0.1, -0.05) is 72.8 Å². The van der Waals surface area contributed by atoms with E-state index in [9.17, 15) is 23.9 Å². The van der Waals surface area contributed by atoms with E-state index in [0.29, 0.717) is 110 Å². The molecule has 12 rings (SSSR count). The summed E-state index contributed by atoms with van der Waals surface area (Å²) in [5, 5.41) is 29.2. The van der Waals surface area contributed by atoms with Crippen LogP contribution in [0.4, 0.5) is 13.2 Å². The molecule has 0 atom stereocenters. The van der Waals surface area contributed by atoms with Gasteiger partial charge in [-0.15, -0.1) is 12.4 Å². The third-order valence-corrected chi connectivity index (χ3v) is 16.8. The number of fused-ring (bicyclic) bond motifs is 3. The number of carbonyl (C=O) groups is 3. The van der Waals surface area contributed by atoms with Crippen LogP contribution >= 0.6 is 28.3 Å². The van der Waals surface area contributed by atoms with Crippen LogP contribution < -0.4 is 69.9 Å². The molecule has 21 nitrogen and oxygen atoms in total. The molecule has 0 saturated heterocycles. The van der Waals surface area contributed by atoms with Crippen molar-refractivity contribution in [2.45, 2.75) is 72.6 Å². The zero-order valence-electron chi connectivity index (χ0n) is 59.3. The Balaban J connectivity index is 0.000000231. The monoisotopic (exact) mass is 1550 g/mol. The number of benzene rings is 9. The first kappa shape index (κ1) is 85.7. The minimum absolute atomic E-state index is 0. The van der Waals surface area contributed by atoms with Crippen molar-refractivity contribution in [1.29, 1.82) is 0 Å². The van der Waals surface area contributed by atoms with E-state index in [2.05, 4.69) is 15.9 Å². The number of aliphatic carboxylic acids is 1. The smallest absolute Gasteiger partial charge is 0.870 e. The maximum Gasteiger partial charge on any atom is 1.00 e. The SMILES string of the molecule is CCOC(=O)Cc1ccc(OC)cc1OCc1cc(-c2cccc(CN)c2F)c2occc2c1.CCOC(=O)Cc1ccc(OC)cc1OCc1cc(Br)c2occc2c1.COc1ccc(CC(=O)O)c(OCc2cc(-c3cccc(CN)c3F)c3occc3c2)c1.Cl.NCc1cccc(B(O)O)c1F.[Li+].[OH-]. The summed E-state index contributed by atoms with van der Waals surface area (Å²) in [6.45, 7) is 5.13. The first-order valence-electron chi connectivity index (χ1n) is 32.7. The van der Waals surface area contributed by atoms with E-state index < -0.39 is 18.9 Å². The molecule has 10 N–H and O–H groups in total. The van der Waals surface area contributed by atoms with Gasteiger partial charge in [0.2, 0.25) is 0 Å². The molecule has 0 aliphatic carbocycles. The normalized spacial score (nSPS) is 10.5. The fraction of sp³-hybridized carbons (Fsp3) is 0.203. The number of rotatable bonds is 26. The number of carboxylic acids is 1. The second kappa shape index (κ2) is 41.6. The summed E-state index contributed by atoms with van der Waals surface area (Å²) < 4.78 is 105. The first-order valence-corrected chi connectivity index (χ1v) is 33.5. The summed E-state index contributed by atoms with van der Waals surface area (Å²) in [6.07, 6.45) is 4.83. The number of nitrogens with two attached hydrogens (primary N) is 3. The van der Waals surface area contributed by atoms with Crippen LogP contribution in [0.3, 0.4) is 0 Å². The van der Waals surface area contributed by atoms with Crippen LogP contribution in [0.15, 0.2) is 200 Å². The molecule has 107 heavy (non-hydrogen) atoms. The van der Waals surface area contributed by atoms with Crippen molar-refractivity contribution in [2.24, 2.45) is 17.2 Å². The predicted molar refractivity (Wildman–Crippen MR) is 400 cm³/mol. The zero-order chi connectivity index (χ0) is 74.4. The molecule has 0 saturated carbocycles. The second-order valence-corrected chi connectivity index (χ2v) is 23.9. The van der Waals surface area contributed by atoms with Crippen molar-refractivity contribution in [1.82, 2.24) is 0 Å². The predicted octanol–water partition coefficient (Wildman–Crippen LogP) is 11.4. The largest absolute Gasteiger partial charge is 1.00 e. The van der Waals surface area contributed by atoms with Crippen LogP contribution in [-0.4, -0.2) is 80.2 Å². The van der Waals surface area contributed by atoms with Gasteiger partial charge in [-0.05, 0) is 119 Å². The molecule has 3 heterocycles. The van der Waals surface area contributed by atoms with Gasteiger partial charge in [0.15, 0.2) is 0 Å². The molecule has 0 amide bonds. The van der Waals surface area contributed by atoms with Crippen LogP contribution in [0.1, 0.15) is 63.9 Å². The Morgan fingerprint density at radius 3 is 1.18 bits per heavy atom. The Hall–Kier alpha value is -10.2. The molecule has 0 radical (unpaired) electrons. The number of hydrogen-bond acceptors (Lipinski definition) is 20. The van der Waals surface area contributed by atoms with E-state index in [1.54, 1.807) is 138 Å². The Bertz CT molecular complexity index is 4960. The zero-order valence-corrected chi connectivity index (χ0v) is 61.7. The molecule has 0 aliphatic rings. The fourth-order valence-corrected chi connectivity index (χ4v) is 11.7. The van der Waals surface area contributed by atoms with Crippen molar-refractivity contribution in [3.8, 4) is 56.8 Å². The molecular weight excluding hydrogens is 1470 g/mol. The third kappa shape index (κ3) is 22.4. The summed E-state index contributed by atoms with van der Waals surface area (Å²) in [5.41, 5.74) is 26.1. The van der Waals surface area contributed by atoms with Gasteiger partial charge in [0, 0.05) is 115 Å². The number of carboxylic acid groups (broad SMARTS) is 1. The number of methoxy groups -OCH3 is 3. The number of ether oxygens (including phenoxy) is 8. The Kier molecular flexibility index (Phi) is 33.3. The topological polar surface area (TPSA) is 333 Å². The van der Waals surface area contributed by atoms with Crippen molar-refractivity contribution in [2.75, 3.05) is 34.5 Å². The molecule has 556 valence electrons. The number of halogens is 5. The molecule has 0 spiro atoms. The van der Waals surface area contributed by atoms with Gasteiger partial charge in [0.25, 0.3) is 0 Å². The van der Waals surface area contributed by atoms with Crippen molar-refractivity contribution in [3.05, 3.63) is 255 Å². The maximum atomic E-state index is 15.1. The molecule has 0 unspecified atom stereocenters. The van der Waals surface area contributed by atoms with E-state index in [1.807, 2.05) is 54.6 Å². The summed E-state index contributed by atoms with van der Waals surface area (Å²) in [7, 11) is 2.90. The average Bonchev–Trinajstić information content (AvgIpc) is 1.76. The van der Waals surface area contributed by atoms with E-state index in [4.69, 9.17) is 78.4 Å². The van der Waals surface area contributed by atoms with Gasteiger partial charge in [-0.2, -0.15) is 0 Å². The van der Waals surface area contributed by atoms with Crippen LogP contribution in [0.5, 0.6) is 34.5 Å². The second-order valence-electron chi connectivity index (χ2n) is 23.1. The third-order valence-electron chi connectivity index (χ3n) is 16.2. The Morgan fingerprint density at radius 2 is 0.813 bits per heavy atom. The number of esters is 2. The molecule has 9 aromatic carbocycles. The van der Waals surface area contributed by atoms with Gasteiger partial charge in [-0.25, -0.2) is 13.2 Å². The van der Waals surface area contributed by atoms with E-state index >= 15 is 8.78 Å². The van der Waals surface area contributed by atoms with E-state index in [-0.39, 0.29) is 123 Å². The average molecular weight is 1550 g/mol. The molecule has 0 bridgehead atoms. The van der Waals surface area contributed by atoms with E-state index in [0.717, 1.165) is 48.5 Å². The van der Waals surface area contributed by atoms with Crippen LogP contribution in [0.25, 0.3) is 55.2 Å². The summed E-state index contributed by atoms with van der Waals surface area (Å²) >= 11 is 3.51. The quantitative estimate of drug-likeness (QED) is 0.0217. The number of carbonyl (C=O) groups excluding carboxylic acids is 2. The summed E-state index contributed by atoms with van der Waals surface area (Å²) in [4.78, 5) is 35.1. The minimum Gasteiger partial charge on any atom is -0.870 e. The van der Waals surface area contributed by atoms with Gasteiger partial charge in [0.1, 0.15) is 88.5 Å².